The van der Waals surface area contributed by atoms with Gasteiger partial charge in [-0.3, -0.25) is 9.59 Å². The molecular formula is C13H14FNO3. The number of hydrogen-bond acceptors (Lipinski definition) is 2. The topological polar surface area (TPSA) is 57.6 Å². The SMILES string of the molecule is O=C(O)CCCC(=O)N1CCc2ccc(F)cc21. The standard InChI is InChI=1S/C13H14FNO3/c14-10-5-4-9-6-7-15(11(9)8-10)12(16)2-1-3-13(17)18/h4-5,8H,1-3,6-7H2,(H,17,18). The van der Waals surface area contributed by atoms with Gasteiger partial charge in [-0.15, -0.1) is 0 Å². The minimum Gasteiger partial charge on any atom is -0.481 e. The molecule has 0 spiro atoms. The number of rotatable bonds is 4. The molecule has 1 amide bonds. The van der Waals surface area contributed by atoms with Crippen LogP contribution in [0.2, 0.25) is 0 Å². The Morgan fingerprint density at radius 3 is 2.83 bits per heavy atom. The summed E-state index contributed by atoms with van der Waals surface area (Å²) in [4.78, 5) is 23.8. The molecule has 5 heteroatoms. The quantitative estimate of drug-likeness (QED) is 0.890. The van der Waals surface area contributed by atoms with Crippen LogP contribution < -0.4 is 4.90 Å². The van der Waals surface area contributed by atoms with E-state index in [1.54, 1.807) is 11.0 Å². The first kappa shape index (κ1) is 12.5. The molecule has 1 aromatic rings. The first-order valence-corrected chi connectivity index (χ1v) is 5.88. The van der Waals surface area contributed by atoms with E-state index in [0.717, 1.165) is 12.0 Å². The zero-order chi connectivity index (χ0) is 13.1. The van der Waals surface area contributed by atoms with Gasteiger partial charge in [0.15, 0.2) is 0 Å². The Hall–Kier alpha value is -1.91. The minimum atomic E-state index is -0.907. The normalized spacial score (nSPS) is 13.5. The average molecular weight is 251 g/mol. The first-order valence-electron chi connectivity index (χ1n) is 5.88. The molecule has 1 aliphatic rings. The van der Waals surface area contributed by atoms with Crippen LogP contribution in [0.15, 0.2) is 18.2 Å². The second-order valence-corrected chi connectivity index (χ2v) is 4.32. The van der Waals surface area contributed by atoms with Gasteiger partial charge in [-0.2, -0.15) is 0 Å². The molecule has 0 fully saturated rings. The second kappa shape index (κ2) is 5.16. The van der Waals surface area contributed by atoms with E-state index in [1.807, 2.05) is 0 Å². The van der Waals surface area contributed by atoms with Gasteiger partial charge in [0.25, 0.3) is 0 Å². The fourth-order valence-corrected chi connectivity index (χ4v) is 2.14. The van der Waals surface area contributed by atoms with Crippen molar-refractivity contribution >= 4 is 17.6 Å². The summed E-state index contributed by atoms with van der Waals surface area (Å²) in [6.07, 6.45) is 1.20. The highest BCUT2D eigenvalue weighted by Gasteiger charge is 2.24. The van der Waals surface area contributed by atoms with E-state index < -0.39 is 5.97 Å². The molecule has 0 aromatic heterocycles. The molecule has 96 valence electrons. The van der Waals surface area contributed by atoms with Crippen LogP contribution in [0.5, 0.6) is 0 Å². The molecule has 2 rings (SSSR count). The largest absolute Gasteiger partial charge is 0.481 e. The molecule has 0 radical (unpaired) electrons. The monoisotopic (exact) mass is 251 g/mol. The number of aliphatic carboxylic acids is 1. The van der Waals surface area contributed by atoms with Crippen LogP contribution in [0, 0.1) is 5.82 Å². The van der Waals surface area contributed by atoms with E-state index >= 15 is 0 Å². The lowest BCUT2D eigenvalue weighted by Gasteiger charge is -2.17. The van der Waals surface area contributed by atoms with E-state index in [9.17, 15) is 14.0 Å². The Kier molecular flexibility index (Phi) is 3.60. The zero-order valence-corrected chi connectivity index (χ0v) is 9.86. The van der Waals surface area contributed by atoms with Crippen molar-refractivity contribution in [1.29, 1.82) is 0 Å². The lowest BCUT2D eigenvalue weighted by molar-refractivity contribution is -0.137. The molecule has 0 saturated carbocycles. The second-order valence-electron chi connectivity index (χ2n) is 4.32. The van der Waals surface area contributed by atoms with Crippen molar-refractivity contribution < 1.29 is 19.1 Å². The smallest absolute Gasteiger partial charge is 0.303 e. The number of carboxylic acid groups (broad SMARTS) is 1. The summed E-state index contributed by atoms with van der Waals surface area (Å²) in [5, 5.41) is 8.51. The third kappa shape index (κ3) is 2.67. The van der Waals surface area contributed by atoms with Gasteiger partial charge in [0.05, 0.1) is 0 Å². The number of carboxylic acids is 1. The molecule has 1 N–H and O–H groups in total. The van der Waals surface area contributed by atoms with Crippen molar-refractivity contribution in [2.24, 2.45) is 0 Å². The summed E-state index contributed by atoms with van der Waals surface area (Å²) in [6, 6.07) is 4.43. The number of nitrogens with zero attached hydrogens (tertiary/aromatic N) is 1. The first-order chi connectivity index (χ1) is 8.58. The Morgan fingerprint density at radius 2 is 2.11 bits per heavy atom. The summed E-state index contributed by atoms with van der Waals surface area (Å²) in [5.74, 6) is -1.41. The number of benzene rings is 1. The summed E-state index contributed by atoms with van der Waals surface area (Å²) in [7, 11) is 0. The van der Waals surface area contributed by atoms with Crippen molar-refractivity contribution in [1.82, 2.24) is 0 Å². The molecule has 0 aliphatic carbocycles. The Labute approximate surface area is 104 Å². The lowest BCUT2D eigenvalue weighted by Crippen LogP contribution is -2.28. The number of anilines is 1. The number of fused-ring (bicyclic) bond motifs is 1. The third-order valence-electron chi connectivity index (χ3n) is 3.03. The van der Waals surface area contributed by atoms with Gasteiger partial charge in [0.1, 0.15) is 5.82 Å². The maximum absolute atomic E-state index is 13.1. The molecule has 0 saturated heterocycles. The molecule has 18 heavy (non-hydrogen) atoms. The summed E-state index contributed by atoms with van der Waals surface area (Å²) >= 11 is 0. The molecule has 1 aromatic carbocycles. The molecule has 0 atom stereocenters. The number of amides is 1. The van der Waals surface area contributed by atoms with Gasteiger partial charge in [0, 0.05) is 25.1 Å². The molecule has 4 nitrogen and oxygen atoms in total. The highest BCUT2D eigenvalue weighted by molar-refractivity contribution is 5.95. The van der Waals surface area contributed by atoms with E-state index in [4.69, 9.17) is 5.11 Å². The van der Waals surface area contributed by atoms with Crippen LogP contribution in [0.1, 0.15) is 24.8 Å². The summed E-state index contributed by atoms with van der Waals surface area (Å²) < 4.78 is 13.1. The lowest BCUT2D eigenvalue weighted by atomic mass is 10.1. The highest BCUT2D eigenvalue weighted by atomic mass is 19.1. The predicted molar refractivity (Wildman–Crippen MR) is 63.9 cm³/mol. The van der Waals surface area contributed by atoms with E-state index in [2.05, 4.69) is 0 Å². The average Bonchev–Trinajstić information content (AvgIpc) is 2.71. The van der Waals surface area contributed by atoms with Crippen molar-refractivity contribution in [2.75, 3.05) is 11.4 Å². The Bertz CT molecular complexity index is 487. The molecule has 0 unspecified atom stereocenters. The van der Waals surface area contributed by atoms with Crippen molar-refractivity contribution in [2.45, 2.75) is 25.7 Å². The number of hydrogen-bond donors (Lipinski definition) is 1. The fourth-order valence-electron chi connectivity index (χ4n) is 2.14. The maximum atomic E-state index is 13.1. The van der Waals surface area contributed by atoms with Gasteiger partial charge in [0.2, 0.25) is 5.91 Å². The predicted octanol–water partition coefficient (Wildman–Crippen LogP) is 1.97. The molecule has 1 aliphatic heterocycles. The van der Waals surface area contributed by atoms with Crippen LogP contribution >= 0.6 is 0 Å². The molecule has 0 bridgehead atoms. The Morgan fingerprint density at radius 1 is 1.33 bits per heavy atom. The van der Waals surface area contributed by atoms with Crippen LogP contribution in [0.4, 0.5) is 10.1 Å². The van der Waals surface area contributed by atoms with E-state index in [1.165, 1.54) is 12.1 Å². The Balaban J connectivity index is 2.02. The summed E-state index contributed by atoms with van der Waals surface area (Å²) in [6.45, 7) is 0.546. The summed E-state index contributed by atoms with van der Waals surface area (Å²) in [5.41, 5.74) is 1.58. The van der Waals surface area contributed by atoms with E-state index in [-0.39, 0.29) is 24.6 Å². The number of halogens is 1. The van der Waals surface area contributed by atoms with Gasteiger partial charge < -0.3 is 10.0 Å². The zero-order valence-electron chi connectivity index (χ0n) is 9.86. The van der Waals surface area contributed by atoms with Crippen LogP contribution in [-0.4, -0.2) is 23.5 Å². The van der Waals surface area contributed by atoms with Gasteiger partial charge >= 0.3 is 5.97 Å². The van der Waals surface area contributed by atoms with Gasteiger partial charge in [-0.25, -0.2) is 4.39 Å². The van der Waals surface area contributed by atoms with E-state index in [0.29, 0.717) is 18.7 Å². The fraction of sp³-hybridized carbons (Fsp3) is 0.385. The third-order valence-corrected chi connectivity index (χ3v) is 3.03. The number of carbonyl (C=O) groups excluding carboxylic acids is 1. The van der Waals surface area contributed by atoms with Gasteiger partial charge in [-0.05, 0) is 30.5 Å². The number of carbonyl (C=O) groups is 2. The molecule has 1 heterocycles. The van der Waals surface area contributed by atoms with Crippen molar-refractivity contribution in [3.8, 4) is 0 Å². The van der Waals surface area contributed by atoms with Crippen LogP contribution in [0.25, 0.3) is 0 Å². The highest BCUT2D eigenvalue weighted by Crippen LogP contribution is 2.29. The van der Waals surface area contributed by atoms with Gasteiger partial charge in [-0.1, -0.05) is 6.07 Å². The van der Waals surface area contributed by atoms with Crippen molar-refractivity contribution in [3.05, 3.63) is 29.6 Å². The minimum absolute atomic E-state index is 0.0183. The van der Waals surface area contributed by atoms with Crippen molar-refractivity contribution in [3.63, 3.8) is 0 Å². The van der Waals surface area contributed by atoms with Crippen LogP contribution in [-0.2, 0) is 16.0 Å². The maximum Gasteiger partial charge on any atom is 0.303 e. The molecular weight excluding hydrogens is 237 g/mol. The van der Waals surface area contributed by atoms with Crippen LogP contribution in [0.3, 0.4) is 0 Å².